The van der Waals surface area contributed by atoms with E-state index in [1.54, 1.807) is 30.1 Å². The Morgan fingerprint density at radius 1 is 1.45 bits per heavy atom. The molecule has 20 heavy (non-hydrogen) atoms. The molecular weight excluding hydrogens is 340 g/mol. The summed E-state index contributed by atoms with van der Waals surface area (Å²) in [7, 11) is 0. The number of thiophene rings is 1. The first kappa shape index (κ1) is 15.5. The van der Waals surface area contributed by atoms with Gasteiger partial charge in [-0.3, -0.25) is 9.59 Å². The maximum absolute atomic E-state index is 12.6. The second-order valence-electron chi connectivity index (χ2n) is 5.53. The number of nitrogens with one attached hydrogen (secondary N) is 1. The third kappa shape index (κ3) is 2.91. The molecule has 1 aromatic rings. The Kier molecular flexibility index (Phi) is 4.54. The fourth-order valence-corrected chi connectivity index (χ4v) is 3.77. The van der Waals surface area contributed by atoms with Crippen molar-refractivity contribution < 1.29 is 9.59 Å². The van der Waals surface area contributed by atoms with Crippen LogP contribution in [0, 0.1) is 0 Å². The number of rotatable bonds is 4. The predicted octanol–water partition coefficient (Wildman–Crippen LogP) is 2.92. The molecule has 1 aliphatic heterocycles. The van der Waals surface area contributed by atoms with Crippen molar-refractivity contribution in [2.75, 3.05) is 0 Å². The summed E-state index contributed by atoms with van der Waals surface area (Å²) < 4.78 is 1.01. The lowest BCUT2D eigenvalue weighted by Crippen LogP contribution is -2.67. The smallest absolute Gasteiger partial charge is 0.246 e. The summed E-state index contributed by atoms with van der Waals surface area (Å²) in [6.45, 7) is 6.09. The molecule has 1 saturated heterocycles. The highest BCUT2D eigenvalue weighted by Gasteiger charge is 2.45. The summed E-state index contributed by atoms with van der Waals surface area (Å²) in [5.74, 6) is -0.0628. The van der Waals surface area contributed by atoms with Crippen molar-refractivity contribution in [3.05, 3.63) is 20.8 Å². The molecule has 1 aromatic heterocycles. The highest BCUT2D eigenvalue weighted by molar-refractivity contribution is 9.10. The van der Waals surface area contributed by atoms with E-state index in [1.165, 1.54) is 0 Å². The van der Waals surface area contributed by atoms with Crippen LogP contribution in [-0.2, 0) is 16.1 Å². The Balaban J connectivity index is 2.25. The number of hydrogen-bond donors (Lipinski definition) is 1. The summed E-state index contributed by atoms with van der Waals surface area (Å²) in [6.07, 6.45) is 1.56. The van der Waals surface area contributed by atoms with E-state index in [9.17, 15) is 9.59 Å². The van der Waals surface area contributed by atoms with Gasteiger partial charge >= 0.3 is 0 Å². The van der Waals surface area contributed by atoms with E-state index in [0.717, 1.165) is 15.8 Å². The average Bonchev–Trinajstić information content (AvgIpc) is 2.78. The summed E-state index contributed by atoms with van der Waals surface area (Å²) in [6, 6.07) is 1.61. The van der Waals surface area contributed by atoms with Crippen LogP contribution in [0.3, 0.4) is 0 Å². The standard InChI is InChI=1S/C14H19BrN2O2S/c1-4-5-11-12(18)17(14(2,3)13(19)16-11)7-10-6-9(15)8-20-10/h6,8,11H,4-5,7H2,1-3H3,(H,16,19). The maximum atomic E-state index is 12.6. The van der Waals surface area contributed by atoms with Gasteiger partial charge in [-0.2, -0.15) is 0 Å². The summed E-state index contributed by atoms with van der Waals surface area (Å²) in [5, 5.41) is 4.83. The maximum Gasteiger partial charge on any atom is 0.246 e. The number of nitrogens with zero attached hydrogens (tertiary/aromatic N) is 1. The van der Waals surface area contributed by atoms with Crippen LogP contribution in [0.2, 0.25) is 0 Å². The largest absolute Gasteiger partial charge is 0.342 e. The lowest BCUT2D eigenvalue weighted by molar-refractivity contribution is -0.156. The monoisotopic (exact) mass is 358 g/mol. The minimum atomic E-state index is -0.808. The number of halogens is 1. The van der Waals surface area contributed by atoms with Gasteiger partial charge in [0.2, 0.25) is 11.8 Å². The molecule has 0 aliphatic carbocycles. The van der Waals surface area contributed by atoms with E-state index in [0.29, 0.717) is 13.0 Å². The van der Waals surface area contributed by atoms with Gasteiger partial charge in [0.25, 0.3) is 0 Å². The minimum Gasteiger partial charge on any atom is -0.342 e. The van der Waals surface area contributed by atoms with Crippen molar-refractivity contribution in [1.82, 2.24) is 10.2 Å². The molecule has 2 amide bonds. The second-order valence-corrected chi connectivity index (χ2v) is 7.44. The molecular formula is C14H19BrN2O2S. The number of carbonyl (C=O) groups excluding carboxylic acids is 2. The highest BCUT2D eigenvalue weighted by Crippen LogP contribution is 2.28. The third-order valence-corrected chi connectivity index (χ3v) is 5.30. The van der Waals surface area contributed by atoms with Crippen LogP contribution in [-0.4, -0.2) is 28.3 Å². The van der Waals surface area contributed by atoms with Crippen molar-refractivity contribution in [2.45, 2.75) is 51.7 Å². The molecule has 1 atom stereocenters. The molecule has 2 heterocycles. The van der Waals surface area contributed by atoms with Gasteiger partial charge in [0.15, 0.2) is 0 Å². The molecule has 1 fully saturated rings. The molecule has 4 nitrogen and oxygen atoms in total. The van der Waals surface area contributed by atoms with E-state index in [2.05, 4.69) is 21.2 Å². The molecule has 0 radical (unpaired) electrons. The predicted molar refractivity (Wildman–Crippen MR) is 83.5 cm³/mol. The minimum absolute atomic E-state index is 0.0148. The Morgan fingerprint density at radius 3 is 2.70 bits per heavy atom. The van der Waals surface area contributed by atoms with Crippen molar-refractivity contribution >= 4 is 39.1 Å². The molecule has 0 aromatic carbocycles. The SMILES string of the molecule is CCCC1NC(=O)C(C)(C)N(Cc2cc(Br)cs2)C1=O. The highest BCUT2D eigenvalue weighted by atomic mass is 79.9. The van der Waals surface area contributed by atoms with Gasteiger partial charge in [-0.05, 0) is 42.3 Å². The first-order chi connectivity index (χ1) is 9.36. The Labute approximate surface area is 131 Å². The van der Waals surface area contributed by atoms with Crippen LogP contribution in [0.5, 0.6) is 0 Å². The summed E-state index contributed by atoms with van der Waals surface area (Å²) in [5.41, 5.74) is -0.808. The van der Waals surface area contributed by atoms with Gasteiger partial charge in [0.05, 0.1) is 6.54 Å². The van der Waals surface area contributed by atoms with Crippen LogP contribution < -0.4 is 5.32 Å². The molecule has 1 aliphatic rings. The first-order valence-corrected chi connectivity index (χ1v) is 8.39. The molecule has 2 rings (SSSR count). The van der Waals surface area contributed by atoms with Gasteiger partial charge in [0.1, 0.15) is 11.6 Å². The van der Waals surface area contributed by atoms with Crippen LogP contribution in [0.4, 0.5) is 0 Å². The molecule has 1 N–H and O–H groups in total. The van der Waals surface area contributed by atoms with E-state index in [4.69, 9.17) is 0 Å². The van der Waals surface area contributed by atoms with Gasteiger partial charge in [-0.1, -0.05) is 13.3 Å². The Morgan fingerprint density at radius 2 is 2.15 bits per heavy atom. The van der Waals surface area contributed by atoms with Gasteiger partial charge in [-0.25, -0.2) is 0 Å². The van der Waals surface area contributed by atoms with Crippen LogP contribution in [0.25, 0.3) is 0 Å². The zero-order valence-corrected chi connectivity index (χ0v) is 14.3. The first-order valence-electron chi connectivity index (χ1n) is 6.71. The normalized spacial score (nSPS) is 22.0. The number of amides is 2. The zero-order chi connectivity index (χ0) is 14.9. The fraction of sp³-hybridized carbons (Fsp3) is 0.571. The van der Waals surface area contributed by atoms with Crippen molar-refractivity contribution in [3.8, 4) is 0 Å². The third-order valence-electron chi connectivity index (χ3n) is 3.61. The van der Waals surface area contributed by atoms with Crippen LogP contribution in [0.1, 0.15) is 38.5 Å². The molecule has 0 saturated carbocycles. The number of piperazine rings is 1. The zero-order valence-electron chi connectivity index (χ0n) is 11.9. The van der Waals surface area contributed by atoms with Gasteiger partial charge in [0, 0.05) is 14.7 Å². The molecule has 1 unspecified atom stereocenters. The van der Waals surface area contributed by atoms with Crippen LogP contribution in [0.15, 0.2) is 15.9 Å². The van der Waals surface area contributed by atoms with Gasteiger partial charge in [-0.15, -0.1) is 11.3 Å². The van der Waals surface area contributed by atoms with Crippen molar-refractivity contribution in [2.24, 2.45) is 0 Å². The van der Waals surface area contributed by atoms with E-state index < -0.39 is 5.54 Å². The van der Waals surface area contributed by atoms with Gasteiger partial charge < -0.3 is 10.2 Å². The topological polar surface area (TPSA) is 49.4 Å². The van der Waals surface area contributed by atoms with Crippen LogP contribution >= 0.6 is 27.3 Å². The summed E-state index contributed by atoms with van der Waals surface area (Å²) >= 11 is 5.01. The molecule has 110 valence electrons. The van der Waals surface area contributed by atoms with E-state index in [-0.39, 0.29) is 17.9 Å². The second kappa shape index (κ2) is 5.85. The molecule has 0 bridgehead atoms. The quantitative estimate of drug-likeness (QED) is 0.899. The molecule has 6 heteroatoms. The fourth-order valence-electron chi connectivity index (χ4n) is 2.34. The van der Waals surface area contributed by atoms with E-state index >= 15 is 0 Å². The lowest BCUT2D eigenvalue weighted by Gasteiger charge is -2.44. The lowest BCUT2D eigenvalue weighted by atomic mass is 9.94. The number of hydrogen-bond acceptors (Lipinski definition) is 3. The van der Waals surface area contributed by atoms with Crippen molar-refractivity contribution in [3.63, 3.8) is 0 Å². The average molecular weight is 359 g/mol. The Hall–Kier alpha value is -0.880. The van der Waals surface area contributed by atoms with E-state index in [1.807, 2.05) is 18.4 Å². The Bertz CT molecular complexity index is 527. The van der Waals surface area contributed by atoms with Crippen molar-refractivity contribution in [1.29, 1.82) is 0 Å². The summed E-state index contributed by atoms with van der Waals surface area (Å²) in [4.78, 5) is 27.6. The molecule has 0 spiro atoms. The number of carbonyl (C=O) groups is 2.